The first-order valence-electron chi connectivity index (χ1n) is 6.42. The first kappa shape index (κ1) is 13.0. The van der Waals surface area contributed by atoms with Crippen molar-refractivity contribution in [2.45, 2.75) is 46.0 Å². The van der Waals surface area contributed by atoms with E-state index in [0.29, 0.717) is 5.41 Å². The molecule has 0 radical (unpaired) electrons. The maximum absolute atomic E-state index is 5.74. The standard InChI is InChI=1S/C13H28N2/c1-13(2,11-14)8-9-15(3)10-12-6-4-5-7-12/h12H,4-11,14H2,1-3H3. The smallest absolute Gasteiger partial charge is 0.000661 e. The summed E-state index contributed by atoms with van der Waals surface area (Å²) in [6.07, 6.45) is 7.02. The molecule has 2 N–H and O–H groups in total. The lowest BCUT2D eigenvalue weighted by Gasteiger charge is -2.27. The topological polar surface area (TPSA) is 29.3 Å². The van der Waals surface area contributed by atoms with E-state index in [1.54, 1.807) is 0 Å². The molecule has 0 atom stereocenters. The summed E-state index contributed by atoms with van der Waals surface area (Å²) in [7, 11) is 2.25. The summed E-state index contributed by atoms with van der Waals surface area (Å²) in [6.45, 7) is 7.80. The van der Waals surface area contributed by atoms with Gasteiger partial charge in [0.25, 0.3) is 0 Å². The van der Waals surface area contributed by atoms with Gasteiger partial charge >= 0.3 is 0 Å². The molecule has 1 rings (SSSR count). The molecule has 0 aliphatic heterocycles. The summed E-state index contributed by atoms with van der Waals surface area (Å²) in [6, 6.07) is 0. The van der Waals surface area contributed by atoms with Crippen LogP contribution < -0.4 is 5.73 Å². The van der Waals surface area contributed by atoms with E-state index in [1.807, 2.05) is 0 Å². The summed E-state index contributed by atoms with van der Waals surface area (Å²) in [5, 5.41) is 0. The maximum Gasteiger partial charge on any atom is 0.000661 e. The van der Waals surface area contributed by atoms with Crippen LogP contribution in [0.25, 0.3) is 0 Å². The van der Waals surface area contributed by atoms with Crippen molar-refractivity contribution in [1.82, 2.24) is 4.90 Å². The van der Waals surface area contributed by atoms with E-state index in [-0.39, 0.29) is 0 Å². The monoisotopic (exact) mass is 212 g/mol. The molecule has 2 heteroatoms. The second kappa shape index (κ2) is 5.86. The van der Waals surface area contributed by atoms with E-state index in [1.165, 1.54) is 45.2 Å². The van der Waals surface area contributed by atoms with Gasteiger partial charge in [0.05, 0.1) is 0 Å². The molecule has 15 heavy (non-hydrogen) atoms. The van der Waals surface area contributed by atoms with Crippen LogP contribution in [0.5, 0.6) is 0 Å². The fourth-order valence-electron chi connectivity index (χ4n) is 2.32. The van der Waals surface area contributed by atoms with Crippen LogP contribution in [0.2, 0.25) is 0 Å². The van der Waals surface area contributed by atoms with Crippen molar-refractivity contribution >= 4 is 0 Å². The third-order valence-electron chi connectivity index (χ3n) is 3.77. The minimum atomic E-state index is 0.309. The molecule has 1 aliphatic rings. The Hall–Kier alpha value is -0.0800. The molecule has 0 bridgehead atoms. The molecule has 1 fully saturated rings. The Morgan fingerprint density at radius 1 is 1.27 bits per heavy atom. The van der Waals surface area contributed by atoms with E-state index in [0.717, 1.165) is 12.5 Å². The molecule has 1 aliphatic carbocycles. The lowest BCUT2D eigenvalue weighted by Crippen LogP contribution is -2.32. The van der Waals surface area contributed by atoms with E-state index < -0.39 is 0 Å². The number of hydrogen-bond donors (Lipinski definition) is 1. The molecule has 0 heterocycles. The predicted octanol–water partition coefficient (Wildman–Crippen LogP) is 2.48. The van der Waals surface area contributed by atoms with Crippen LogP contribution in [0.3, 0.4) is 0 Å². The van der Waals surface area contributed by atoms with Crippen molar-refractivity contribution < 1.29 is 0 Å². The fraction of sp³-hybridized carbons (Fsp3) is 1.00. The Labute approximate surface area is 95.2 Å². The van der Waals surface area contributed by atoms with Gasteiger partial charge in [0.1, 0.15) is 0 Å². The molecular weight excluding hydrogens is 184 g/mol. The molecule has 90 valence electrons. The maximum atomic E-state index is 5.74. The summed E-state index contributed by atoms with van der Waals surface area (Å²) < 4.78 is 0. The Kier molecular flexibility index (Phi) is 5.07. The number of rotatable bonds is 6. The molecule has 0 unspecified atom stereocenters. The summed E-state index contributed by atoms with van der Waals surface area (Å²) in [5.41, 5.74) is 6.05. The van der Waals surface area contributed by atoms with Crippen molar-refractivity contribution in [2.24, 2.45) is 17.1 Å². The Bertz CT molecular complexity index is 171. The largest absolute Gasteiger partial charge is 0.330 e. The molecule has 0 aromatic rings. The van der Waals surface area contributed by atoms with Gasteiger partial charge in [-0.25, -0.2) is 0 Å². The molecule has 0 amide bonds. The number of nitrogens with two attached hydrogens (primary N) is 1. The van der Waals surface area contributed by atoms with E-state index in [9.17, 15) is 0 Å². The van der Waals surface area contributed by atoms with Gasteiger partial charge in [-0.2, -0.15) is 0 Å². The first-order chi connectivity index (χ1) is 7.03. The third-order valence-corrected chi connectivity index (χ3v) is 3.77. The van der Waals surface area contributed by atoms with E-state index in [4.69, 9.17) is 5.73 Å². The SMILES string of the molecule is CN(CCC(C)(C)CN)CC1CCCC1. The number of hydrogen-bond acceptors (Lipinski definition) is 2. The predicted molar refractivity (Wildman–Crippen MR) is 66.9 cm³/mol. The van der Waals surface area contributed by atoms with Crippen molar-refractivity contribution in [3.63, 3.8) is 0 Å². The molecule has 0 saturated heterocycles. The summed E-state index contributed by atoms with van der Waals surface area (Å²) in [4.78, 5) is 2.49. The quantitative estimate of drug-likeness (QED) is 0.733. The van der Waals surface area contributed by atoms with Gasteiger partial charge < -0.3 is 10.6 Å². The zero-order valence-electron chi connectivity index (χ0n) is 10.8. The van der Waals surface area contributed by atoms with Gasteiger partial charge in [-0.15, -0.1) is 0 Å². The highest BCUT2D eigenvalue weighted by molar-refractivity contribution is 4.74. The Balaban J connectivity index is 2.15. The van der Waals surface area contributed by atoms with Crippen LogP contribution in [0.15, 0.2) is 0 Å². The number of nitrogens with zero attached hydrogens (tertiary/aromatic N) is 1. The van der Waals surface area contributed by atoms with E-state index in [2.05, 4.69) is 25.8 Å². The average Bonchev–Trinajstić information content (AvgIpc) is 2.68. The third kappa shape index (κ3) is 4.98. The lowest BCUT2D eigenvalue weighted by molar-refractivity contribution is 0.228. The molecule has 1 saturated carbocycles. The molecule has 2 nitrogen and oxygen atoms in total. The van der Waals surface area contributed by atoms with Crippen LogP contribution in [0.1, 0.15) is 46.0 Å². The van der Waals surface area contributed by atoms with Gasteiger partial charge in [0.2, 0.25) is 0 Å². The highest BCUT2D eigenvalue weighted by Crippen LogP contribution is 2.25. The van der Waals surface area contributed by atoms with Gasteiger partial charge in [-0.1, -0.05) is 26.7 Å². The average molecular weight is 212 g/mol. The normalized spacial score (nSPS) is 19.0. The lowest BCUT2D eigenvalue weighted by atomic mass is 9.89. The minimum absolute atomic E-state index is 0.309. The van der Waals surface area contributed by atoms with Crippen LogP contribution in [0.4, 0.5) is 0 Å². The Morgan fingerprint density at radius 3 is 2.40 bits per heavy atom. The second-order valence-electron chi connectivity index (χ2n) is 6.03. The highest BCUT2D eigenvalue weighted by Gasteiger charge is 2.19. The van der Waals surface area contributed by atoms with Gasteiger partial charge in [0, 0.05) is 6.54 Å². The molecule has 0 aromatic carbocycles. The van der Waals surface area contributed by atoms with Crippen LogP contribution in [-0.2, 0) is 0 Å². The highest BCUT2D eigenvalue weighted by atomic mass is 15.1. The molecule has 0 spiro atoms. The van der Waals surface area contributed by atoms with Crippen molar-refractivity contribution in [3.8, 4) is 0 Å². The minimum Gasteiger partial charge on any atom is -0.330 e. The van der Waals surface area contributed by atoms with Crippen LogP contribution in [-0.4, -0.2) is 31.6 Å². The van der Waals surface area contributed by atoms with Crippen molar-refractivity contribution in [3.05, 3.63) is 0 Å². The first-order valence-corrected chi connectivity index (χ1v) is 6.42. The summed E-state index contributed by atoms with van der Waals surface area (Å²) in [5.74, 6) is 0.969. The summed E-state index contributed by atoms with van der Waals surface area (Å²) >= 11 is 0. The van der Waals surface area contributed by atoms with Crippen LogP contribution in [0, 0.1) is 11.3 Å². The van der Waals surface area contributed by atoms with Gasteiger partial charge in [0.15, 0.2) is 0 Å². The van der Waals surface area contributed by atoms with E-state index >= 15 is 0 Å². The Morgan fingerprint density at radius 2 is 1.87 bits per heavy atom. The zero-order valence-corrected chi connectivity index (χ0v) is 10.8. The van der Waals surface area contributed by atoms with Crippen molar-refractivity contribution in [1.29, 1.82) is 0 Å². The van der Waals surface area contributed by atoms with Crippen molar-refractivity contribution in [2.75, 3.05) is 26.7 Å². The van der Waals surface area contributed by atoms with Crippen LogP contribution >= 0.6 is 0 Å². The fourth-order valence-corrected chi connectivity index (χ4v) is 2.32. The zero-order chi connectivity index (χ0) is 11.3. The molecule has 0 aromatic heterocycles. The van der Waals surface area contributed by atoms with Gasteiger partial charge in [-0.05, 0) is 50.7 Å². The molecular formula is C13H28N2. The second-order valence-corrected chi connectivity index (χ2v) is 6.03. The van der Waals surface area contributed by atoms with Gasteiger partial charge in [-0.3, -0.25) is 0 Å².